The minimum Gasteiger partial charge on any atom is -0.434 e. The lowest BCUT2D eigenvalue weighted by Gasteiger charge is -2.14. The molecule has 0 radical (unpaired) electrons. The van der Waals surface area contributed by atoms with Crippen molar-refractivity contribution in [1.82, 2.24) is 19.3 Å². The monoisotopic (exact) mass is 416 g/mol. The summed E-state index contributed by atoms with van der Waals surface area (Å²) in [5.74, 6) is 0.0686. The summed E-state index contributed by atoms with van der Waals surface area (Å²) in [7, 11) is 1.63. The predicted octanol–water partition coefficient (Wildman–Crippen LogP) is 4.10. The molecule has 0 unspecified atom stereocenters. The average molecular weight is 417 g/mol. The van der Waals surface area contributed by atoms with E-state index >= 15 is 0 Å². The Morgan fingerprint density at radius 1 is 1.10 bits per heavy atom. The summed E-state index contributed by atoms with van der Waals surface area (Å²) in [4.78, 5) is 20.6. The number of nitrogens with zero attached hydrogens (tertiary/aromatic N) is 4. The topological polar surface area (TPSA) is 61.9 Å². The number of aromatic nitrogens is 4. The standard InChI is InChI=1S/C20H15ClF2N4O2/c1-26-18(28)15-7-6-12(14-9-24-19(21)25-10-14)8-16(15)27(26)11-13-4-2-3-5-17(13)29-20(22)23/h2-10,20H,11H2,1H3. The van der Waals surface area contributed by atoms with Crippen molar-refractivity contribution >= 4 is 22.5 Å². The van der Waals surface area contributed by atoms with Gasteiger partial charge in [0, 0.05) is 30.6 Å². The van der Waals surface area contributed by atoms with E-state index in [1.165, 1.54) is 10.7 Å². The van der Waals surface area contributed by atoms with Crippen LogP contribution in [0.1, 0.15) is 5.56 Å². The van der Waals surface area contributed by atoms with E-state index in [4.69, 9.17) is 11.6 Å². The van der Waals surface area contributed by atoms with Crippen LogP contribution in [-0.2, 0) is 13.6 Å². The molecule has 2 heterocycles. The van der Waals surface area contributed by atoms with Crippen molar-refractivity contribution in [3.8, 4) is 16.9 Å². The largest absolute Gasteiger partial charge is 0.434 e. The number of para-hydroxylation sites is 1. The van der Waals surface area contributed by atoms with Crippen LogP contribution in [-0.4, -0.2) is 25.9 Å². The zero-order chi connectivity index (χ0) is 20.5. The van der Waals surface area contributed by atoms with Crippen molar-refractivity contribution in [3.63, 3.8) is 0 Å². The molecule has 6 nitrogen and oxygen atoms in total. The van der Waals surface area contributed by atoms with E-state index in [2.05, 4.69) is 14.7 Å². The molecule has 0 aliphatic rings. The highest BCUT2D eigenvalue weighted by molar-refractivity contribution is 6.28. The second-order valence-electron chi connectivity index (χ2n) is 6.35. The molecule has 9 heteroatoms. The van der Waals surface area contributed by atoms with E-state index in [0.29, 0.717) is 16.5 Å². The number of ether oxygens (including phenoxy) is 1. The Balaban J connectivity index is 1.82. The third-order valence-electron chi connectivity index (χ3n) is 4.62. The molecule has 0 fully saturated rings. The number of hydrogen-bond donors (Lipinski definition) is 0. The quantitative estimate of drug-likeness (QED) is 0.459. The van der Waals surface area contributed by atoms with E-state index in [1.807, 2.05) is 6.07 Å². The SMILES string of the molecule is Cn1c(=O)c2ccc(-c3cnc(Cl)nc3)cc2n1Cc1ccccc1OC(F)F. The fourth-order valence-electron chi connectivity index (χ4n) is 3.21. The number of rotatable bonds is 5. The van der Waals surface area contributed by atoms with Crippen LogP contribution < -0.4 is 10.3 Å². The normalized spacial score (nSPS) is 11.3. The summed E-state index contributed by atoms with van der Waals surface area (Å²) in [5.41, 5.74) is 2.52. The van der Waals surface area contributed by atoms with Crippen molar-refractivity contribution < 1.29 is 13.5 Å². The number of alkyl halides is 2. The number of fused-ring (bicyclic) bond motifs is 1. The molecular weight excluding hydrogens is 402 g/mol. The zero-order valence-corrected chi connectivity index (χ0v) is 16.0. The van der Waals surface area contributed by atoms with Gasteiger partial charge in [-0.3, -0.25) is 14.2 Å². The lowest BCUT2D eigenvalue weighted by atomic mass is 10.1. The average Bonchev–Trinajstić information content (AvgIpc) is 2.94. The maximum absolute atomic E-state index is 12.7. The summed E-state index contributed by atoms with van der Waals surface area (Å²) in [6.45, 7) is -2.75. The van der Waals surface area contributed by atoms with Crippen LogP contribution in [0.4, 0.5) is 8.78 Å². The van der Waals surface area contributed by atoms with Gasteiger partial charge in [-0.15, -0.1) is 0 Å². The smallest absolute Gasteiger partial charge is 0.387 e. The maximum atomic E-state index is 12.7. The second kappa shape index (κ2) is 7.63. The lowest BCUT2D eigenvalue weighted by Crippen LogP contribution is -2.20. The minimum absolute atomic E-state index is 0.0686. The van der Waals surface area contributed by atoms with Crippen LogP contribution in [0.2, 0.25) is 5.28 Å². The summed E-state index contributed by atoms with van der Waals surface area (Å²) < 4.78 is 33.3. The van der Waals surface area contributed by atoms with Gasteiger partial charge >= 0.3 is 6.61 Å². The highest BCUT2D eigenvalue weighted by Gasteiger charge is 2.15. The van der Waals surface area contributed by atoms with Gasteiger partial charge < -0.3 is 4.74 Å². The predicted molar refractivity (Wildman–Crippen MR) is 105 cm³/mol. The van der Waals surface area contributed by atoms with Gasteiger partial charge in [0.05, 0.1) is 17.4 Å². The molecule has 0 aliphatic heterocycles. The Bertz CT molecular complexity index is 1240. The fourth-order valence-corrected chi connectivity index (χ4v) is 3.31. The van der Waals surface area contributed by atoms with E-state index in [1.54, 1.807) is 54.5 Å². The van der Waals surface area contributed by atoms with Crippen LogP contribution in [0.25, 0.3) is 22.0 Å². The van der Waals surface area contributed by atoms with Gasteiger partial charge in [-0.2, -0.15) is 8.78 Å². The van der Waals surface area contributed by atoms with Crippen LogP contribution in [0.5, 0.6) is 5.75 Å². The maximum Gasteiger partial charge on any atom is 0.387 e. The highest BCUT2D eigenvalue weighted by atomic mass is 35.5. The molecule has 0 spiro atoms. The van der Waals surface area contributed by atoms with Gasteiger partial charge in [-0.25, -0.2) is 9.97 Å². The van der Waals surface area contributed by atoms with Gasteiger partial charge in [0.2, 0.25) is 5.28 Å². The van der Waals surface area contributed by atoms with E-state index in [9.17, 15) is 13.6 Å². The molecule has 29 heavy (non-hydrogen) atoms. The first kappa shape index (κ1) is 19.1. The van der Waals surface area contributed by atoms with Crippen LogP contribution in [0.3, 0.4) is 0 Å². The van der Waals surface area contributed by atoms with E-state index < -0.39 is 6.61 Å². The van der Waals surface area contributed by atoms with Crippen LogP contribution in [0.15, 0.2) is 59.7 Å². The molecular formula is C20H15ClF2N4O2. The first-order chi connectivity index (χ1) is 13.9. The summed E-state index contributed by atoms with van der Waals surface area (Å²) in [6.07, 6.45) is 3.18. The Morgan fingerprint density at radius 3 is 2.55 bits per heavy atom. The number of halogens is 3. The van der Waals surface area contributed by atoms with Crippen molar-refractivity contribution in [2.45, 2.75) is 13.2 Å². The van der Waals surface area contributed by atoms with Crippen LogP contribution >= 0.6 is 11.6 Å². The molecule has 0 bridgehead atoms. The number of benzene rings is 2. The first-order valence-electron chi connectivity index (χ1n) is 8.64. The van der Waals surface area contributed by atoms with E-state index in [-0.39, 0.29) is 23.1 Å². The molecule has 0 amide bonds. The lowest BCUT2D eigenvalue weighted by molar-refractivity contribution is -0.0505. The third kappa shape index (κ3) is 3.71. The molecule has 148 valence electrons. The van der Waals surface area contributed by atoms with Crippen molar-refractivity contribution in [3.05, 3.63) is 76.1 Å². The molecule has 0 N–H and O–H groups in total. The van der Waals surface area contributed by atoms with Gasteiger partial charge in [0.25, 0.3) is 5.56 Å². The number of hydrogen-bond acceptors (Lipinski definition) is 4. The van der Waals surface area contributed by atoms with Gasteiger partial charge in [-0.1, -0.05) is 24.3 Å². The Labute approximate surface area is 168 Å². The van der Waals surface area contributed by atoms with E-state index in [0.717, 1.165) is 11.1 Å². The van der Waals surface area contributed by atoms with Gasteiger partial charge in [0.1, 0.15) is 5.75 Å². The second-order valence-corrected chi connectivity index (χ2v) is 6.68. The molecule has 0 saturated carbocycles. The van der Waals surface area contributed by atoms with Gasteiger partial charge in [0.15, 0.2) is 0 Å². The molecule has 2 aromatic carbocycles. The molecule has 0 atom stereocenters. The Hall–Kier alpha value is -3.26. The molecule has 4 rings (SSSR count). The Kier molecular flexibility index (Phi) is 5.02. The fraction of sp³-hybridized carbons (Fsp3) is 0.150. The van der Waals surface area contributed by atoms with Gasteiger partial charge in [-0.05, 0) is 35.4 Å². The van der Waals surface area contributed by atoms with Crippen molar-refractivity contribution in [2.24, 2.45) is 7.05 Å². The highest BCUT2D eigenvalue weighted by Crippen LogP contribution is 2.26. The van der Waals surface area contributed by atoms with Crippen molar-refractivity contribution in [2.75, 3.05) is 0 Å². The minimum atomic E-state index is -2.93. The summed E-state index contributed by atoms with van der Waals surface area (Å²) in [5, 5.41) is 0.653. The summed E-state index contributed by atoms with van der Waals surface area (Å²) >= 11 is 5.75. The zero-order valence-electron chi connectivity index (χ0n) is 15.2. The first-order valence-corrected chi connectivity index (χ1v) is 9.02. The Morgan fingerprint density at radius 2 is 1.83 bits per heavy atom. The molecule has 0 aliphatic carbocycles. The summed E-state index contributed by atoms with van der Waals surface area (Å²) in [6, 6.07) is 11.9. The third-order valence-corrected chi connectivity index (χ3v) is 4.82. The molecule has 4 aromatic rings. The molecule has 0 saturated heterocycles. The van der Waals surface area contributed by atoms with Crippen molar-refractivity contribution in [1.29, 1.82) is 0 Å². The molecule has 2 aromatic heterocycles. The van der Waals surface area contributed by atoms with Crippen LogP contribution in [0, 0.1) is 0 Å².